The molecular weight excluding hydrogens is 498 g/mol. The summed E-state index contributed by atoms with van der Waals surface area (Å²) in [6.45, 7) is 8.82. The fourth-order valence-electron chi connectivity index (χ4n) is 6.18. The molecule has 0 saturated heterocycles. The fraction of sp³-hybridized carbons (Fsp3) is 0.143. The van der Waals surface area contributed by atoms with Gasteiger partial charge in [-0.05, 0) is 94.4 Å². The molecule has 2 aliphatic rings. The Morgan fingerprint density at radius 3 is 2.03 bits per heavy atom. The summed E-state index contributed by atoms with van der Waals surface area (Å²) in [6, 6.07) is 26.8. The molecule has 7 rings (SSSR count). The van der Waals surface area contributed by atoms with Gasteiger partial charge in [0.25, 0.3) is 0 Å². The molecule has 0 atom stereocenters. The second-order valence-corrected chi connectivity index (χ2v) is 12.2. The van der Waals surface area contributed by atoms with E-state index >= 15 is 0 Å². The van der Waals surface area contributed by atoms with Crippen LogP contribution in [0.4, 0.5) is 10.7 Å². The van der Waals surface area contributed by atoms with E-state index in [1.54, 1.807) is 17.4 Å². The molecule has 0 amide bonds. The molecule has 3 nitrogen and oxygen atoms in total. The van der Waals surface area contributed by atoms with Gasteiger partial charge in [-0.3, -0.25) is 9.59 Å². The summed E-state index contributed by atoms with van der Waals surface area (Å²) >= 11 is 1.59. The van der Waals surface area contributed by atoms with Gasteiger partial charge >= 0.3 is 0 Å². The van der Waals surface area contributed by atoms with Crippen molar-refractivity contribution >= 4 is 50.4 Å². The molecule has 5 aromatic rings. The minimum atomic E-state index is -0.250. The highest BCUT2D eigenvalue weighted by molar-refractivity contribution is 7.17. The Labute approximate surface area is 231 Å². The minimum Gasteiger partial charge on any atom is -0.347 e. The predicted molar refractivity (Wildman–Crippen MR) is 162 cm³/mol. The Balaban J connectivity index is 1.28. The maximum absolute atomic E-state index is 13.3. The summed E-state index contributed by atoms with van der Waals surface area (Å²) in [5.41, 5.74) is 9.51. The topological polar surface area (TPSA) is 46.2 Å². The predicted octanol–water partition coefficient (Wildman–Crippen LogP) is 9.03. The number of ketones is 2. The zero-order valence-electron chi connectivity index (χ0n) is 22.3. The van der Waals surface area contributed by atoms with E-state index in [2.05, 4.69) is 75.5 Å². The normalized spacial score (nSPS) is 15.1. The number of hydrogen-bond acceptors (Lipinski definition) is 4. The largest absolute Gasteiger partial charge is 0.347 e. The van der Waals surface area contributed by atoms with Crippen molar-refractivity contribution in [3.8, 4) is 11.1 Å². The molecule has 4 aromatic carbocycles. The third-order valence-corrected chi connectivity index (χ3v) is 9.28. The van der Waals surface area contributed by atoms with Gasteiger partial charge in [0.05, 0.1) is 10.6 Å². The van der Waals surface area contributed by atoms with Gasteiger partial charge in [-0.1, -0.05) is 62.4 Å². The van der Waals surface area contributed by atoms with Crippen LogP contribution in [0.5, 0.6) is 0 Å². The van der Waals surface area contributed by atoms with Crippen LogP contribution in [0.15, 0.2) is 84.4 Å². The third-order valence-electron chi connectivity index (χ3n) is 8.29. The number of rotatable bonds is 2. The standard InChI is InChI=1S/C35H27NO2S/c1-19-8-7-9-20(2)31(19)23-12-13-30-28(16-23)35(3,4)29-18-24(39-34(29)36-30)17-27-32(37)25-14-21-10-5-6-11-22(21)15-26(25)33(27)38/h5-18,36H,1-4H3. The average Bonchev–Trinajstić information content (AvgIpc) is 3.43. The molecule has 39 heavy (non-hydrogen) atoms. The van der Waals surface area contributed by atoms with E-state index in [4.69, 9.17) is 0 Å². The molecule has 0 fully saturated rings. The van der Waals surface area contributed by atoms with Crippen LogP contribution in [0.2, 0.25) is 0 Å². The number of nitrogens with one attached hydrogen (secondary N) is 1. The number of carbonyl (C=O) groups excluding carboxylic acids is 2. The van der Waals surface area contributed by atoms with E-state index in [1.807, 2.05) is 36.4 Å². The fourth-order valence-corrected chi connectivity index (χ4v) is 7.36. The van der Waals surface area contributed by atoms with Gasteiger partial charge in [-0.2, -0.15) is 0 Å². The Kier molecular flexibility index (Phi) is 5.10. The molecule has 1 aromatic heterocycles. The number of carbonyl (C=O) groups is 2. The first-order valence-corrected chi connectivity index (χ1v) is 14.0. The second-order valence-electron chi connectivity index (χ2n) is 11.1. The summed E-state index contributed by atoms with van der Waals surface area (Å²) in [4.78, 5) is 27.6. The third kappa shape index (κ3) is 3.55. The number of anilines is 2. The molecule has 0 radical (unpaired) electrons. The monoisotopic (exact) mass is 525 g/mol. The molecule has 190 valence electrons. The van der Waals surface area contributed by atoms with Crippen molar-refractivity contribution in [3.05, 3.63) is 123 Å². The summed E-state index contributed by atoms with van der Waals surface area (Å²) < 4.78 is 0. The lowest BCUT2D eigenvalue weighted by Gasteiger charge is -2.34. The van der Waals surface area contributed by atoms with Crippen LogP contribution >= 0.6 is 11.3 Å². The van der Waals surface area contributed by atoms with Gasteiger partial charge in [0.15, 0.2) is 11.6 Å². The Hall–Kier alpha value is -4.28. The Bertz CT molecular complexity index is 1840. The average molecular weight is 526 g/mol. The van der Waals surface area contributed by atoms with Crippen LogP contribution in [0.3, 0.4) is 0 Å². The highest BCUT2D eigenvalue weighted by Gasteiger charge is 2.36. The summed E-state index contributed by atoms with van der Waals surface area (Å²) in [6.07, 6.45) is 1.78. The molecule has 1 aliphatic heterocycles. The first-order chi connectivity index (χ1) is 18.7. The second kappa shape index (κ2) is 8.36. The lowest BCUT2D eigenvalue weighted by molar-refractivity contribution is 0.0990. The summed E-state index contributed by atoms with van der Waals surface area (Å²) in [7, 11) is 0. The number of Topliss-reactive ketones (excluding diaryl/α,β-unsaturated/α-hetero) is 2. The van der Waals surface area contributed by atoms with Crippen LogP contribution in [-0.2, 0) is 5.41 Å². The SMILES string of the molecule is Cc1cccc(C)c1-c1ccc2c(c1)C(C)(C)c1cc(C=C3C(=O)c4cc5ccccc5cc4C3=O)sc1N2. The zero-order chi connectivity index (χ0) is 27.1. The van der Waals surface area contributed by atoms with Gasteiger partial charge in [-0.25, -0.2) is 0 Å². The van der Waals surface area contributed by atoms with Gasteiger partial charge in [0, 0.05) is 27.1 Å². The maximum atomic E-state index is 13.3. The molecule has 0 unspecified atom stereocenters. The van der Waals surface area contributed by atoms with Crippen LogP contribution in [-0.4, -0.2) is 11.6 Å². The quantitative estimate of drug-likeness (QED) is 0.185. The molecule has 4 heteroatoms. The summed E-state index contributed by atoms with van der Waals surface area (Å²) in [5.74, 6) is -0.387. The molecule has 1 aliphatic carbocycles. The van der Waals surface area contributed by atoms with E-state index in [1.165, 1.54) is 33.4 Å². The van der Waals surface area contributed by atoms with Gasteiger partial charge in [0.1, 0.15) is 0 Å². The van der Waals surface area contributed by atoms with E-state index in [0.717, 1.165) is 26.3 Å². The molecular formula is C35H27NO2S. The molecule has 0 spiro atoms. The van der Waals surface area contributed by atoms with Crippen molar-refractivity contribution in [2.75, 3.05) is 5.32 Å². The number of thiophene rings is 1. The number of fused-ring (bicyclic) bond motifs is 4. The lowest BCUT2D eigenvalue weighted by atomic mass is 9.75. The molecule has 2 heterocycles. The van der Waals surface area contributed by atoms with Crippen LogP contribution in [0, 0.1) is 13.8 Å². The van der Waals surface area contributed by atoms with E-state index in [0.29, 0.717) is 11.1 Å². The van der Waals surface area contributed by atoms with E-state index in [9.17, 15) is 9.59 Å². The van der Waals surface area contributed by atoms with Crippen molar-refractivity contribution in [1.29, 1.82) is 0 Å². The Morgan fingerprint density at radius 1 is 0.744 bits per heavy atom. The highest BCUT2D eigenvalue weighted by atomic mass is 32.1. The van der Waals surface area contributed by atoms with Gasteiger partial charge in [-0.15, -0.1) is 11.3 Å². The smallest absolute Gasteiger partial charge is 0.197 e. The number of hydrogen-bond donors (Lipinski definition) is 1. The van der Waals surface area contributed by atoms with Crippen LogP contribution in [0.25, 0.3) is 28.0 Å². The number of allylic oxidation sites excluding steroid dienone is 1. The highest BCUT2D eigenvalue weighted by Crippen LogP contribution is 2.50. The minimum absolute atomic E-state index is 0.194. The van der Waals surface area contributed by atoms with E-state index in [-0.39, 0.29) is 22.6 Å². The van der Waals surface area contributed by atoms with Gasteiger partial charge < -0.3 is 5.32 Å². The lowest BCUT2D eigenvalue weighted by Crippen LogP contribution is -2.24. The molecule has 0 bridgehead atoms. The van der Waals surface area contributed by atoms with Crippen molar-refractivity contribution in [2.45, 2.75) is 33.1 Å². The number of aryl methyl sites for hydroxylation is 2. The number of benzene rings is 4. The van der Waals surface area contributed by atoms with Crippen molar-refractivity contribution in [2.24, 2.45) is 0 Å². The van der Waals surface area contributed by atoms with Crippen molar-refractivity contribution in [3.63, 3.8) is 0 Å². The van der Waals surface area contributed by atoms with Crippen molar-refractivity contribution < 1.29 is 9.59 Å². The van der Waals surface area contributed by atoms with Crippen molar-refractivity contribution in [1.82, 2.24) is 0 Å². The zero-order valence-corrected chi connectivity index (χ0v) is 23.1. The summed E-state index contributed by atoms with van der Waals surface area (Å²) in [5, 5.41) is 6.62. The Morgan fingerprint density at radius 2 is 1.38 bits per heavy atom. The molecule has 1 N–H and O–H groups in total. The maximum Gasteiger partial charge on any atom is 0.197 e. The van der Waals surface area contributed by atoms with E-state index < -0.39 is 0 Å². The van der Waals surface area contributed by atoms with Gasteiger partial charge in [0.2, 0.25) is 0 Å². The first kappa shape index (κ1) is 23.8. The van der Waals surface area contributed by atoms with Crippen LogP contribution in [0.1, 0.15) is 61.7 Å². The first-order valence-electron chi connectivity index (χ1n) is 13.2. The van der Waals surface area contributed by atoms with Crippen LogP contribution < -0.4 is 5.32 Å². The molecule has 0 saturated carbocycles.